The van der Waals surface area contributed by atoms with E-state index in [4.69, 9.17) is 30.5 Å². The molecule has 10 heteroatoms. The molecule has 4 atom stereocenters. The zero-order valence-corrected chi connectivity index (χ0v) is 22.2. The van der Waals surface area contributed by atoms with Crippen LogP contribution in [-0.4, -0.2) is 72.6 Å². The second kappa shape index (κ2) is 10.4. The lowest BCUT2D eigenvalue weighted by atomic mass is 10.1. The van der Waals surface area contributed by atoms with Gasteiger partial charge in [0.2, 0.25) is 0 Å². The van der Waals surface area contributed by atoms with Crippen LogP contribution >= 0.6 is 27.5 Å². The van der Waals surface area contributed by atoms with E-state index in [0.717, 1.165) is 34.2 Å². The molecule has 35 heavy (non-hydrogen) atoms. The summed E-state index contributed by atoms with van der Waals surface area (Å²) < 4.78 is 25.2. The molecule has 2 aliphatic rings. The number of likely N-dealkylation sites (N-methyl/N-ethyl adjacent to an activating group) is 1. The molecule has 0 unspecified atom stereocenters. The normalized spacial score (nSPS) is 23.6. The monoisotopic (exact) mass is 562 g/mol. The Hall–Kier alpha value is -2.17. The van der Waals surface area contributed by atoms with Crippen LogP contribution in [0, 0.1) is 0 Å². The molecule has 0 spiro atoms. The van der Waals surface area contributed by atoms with E-state index < -0.39 is 0 Å². The maximum Gasteiger partial charge on any atom is 0.164 e. The van der Waals surface area contributed by atoms with Gasteiger partial charge < -0.3 is 24.3 Å². The Morgan fingerprint density at radius 2 is 1.89 bits per heavy atom. The lowest BCUT2D eigenvalue weighted by Gasteiger charge is -2.28. The molecule has 8 nitrogen and oxygen atoms in total. The van der Waals surface area contributed by atoms with Crippen molar-refractivity contribution in [3.63, 3.8) is 0 Å². The molecule has 2 aliphatic heterocycles. The number of benzene rings is 2. The molecule has 2 saturated heterocycles. The lowest BCUT2D eigenvalue weighted by Crippen LogP contribution is -2.44. The van der Waals surface area contributed by atoms with E-state index in [1.54, 1.807) is 7.11 Å². The molecule has 5 rings (SSSR count). The summed E-state index contributed by atoms with van der Waals surface area (Å²) in [5.74, 6) is 1.83. The summed E-state index contributed by atoms with van der Waals surface area (Å²) in [4.78, 5) is 11.3. The van der Waals surface area contributed by atoms with Crippen LogP contribution in [0.2, 0.25) is 5.02 Å². The van der Waals surface area contributed by atoms with Gasteiger partial charge >= 0.3 is 0 Å². The molecule has 2 fully saturated rings. The second-order valence-electron chi connectivity index (χ2n) is 8.54. The topological polar surface area (TPSA) is 78.0 Å². The Morgan fingerprint density at radius 3 is 2.63 bits per heavy atom. The fraction of sp³-hybridized carbons (Fsp3) is 0.440. The van der Waals surface area contributed by atoms with Gasteiger partial charge in [-0.1, -0.05) is 25.4 Å². The summed E-state index contributed by atoms with van der Waals surface area (Å²) in [5.41, 5.74) is 1.54. The van der Waals surface area contributed by atoms with E-state index in [9.17, 15) is 0 Å². The molecule has 3 heterocycles. The lowest BCUT2D eigenvalue weighted by molar-refractivity contribution is 0.0240. The van der Waals surface area contributed by atoms with Crippen molar-refractivity contribution in [2.75, 3.05) is 38.7 Å². The number of methoxy groups -OCH3 is 1. The van der Waals surface area contributed by atoms with Gasteiger partial charge in [-0.05, 0) is 53.3 Å². The number of hydrogen-bond acceptors (Lipinski definition) is 8. The van der Waals surface area contributed by atoms with Crippen molar-refractivity contribution in [1.82, 2.24) is 14.9 Å². The molecule has 0 amide bonds. The van der Waals surface area contributed by atoms with Crippen molar-refractivity contribution in [3.8, 4) is 11.5 Å². The van der Waals surface area contributed by atoms with Crippen LogP contribution < -0.4 is 14.8 Å². The van der Waals surface area contributed by atoms with Gasteiger partial charge in [-0.15, -0.1) is 0 Å². The van der Waals surface area contributed by atoms with Crippen molar-refractivity contribution in [2.45, 2.75) is 38.2 Å². The highest BCUT2D eigenvalue weighted by Crippen LogP contribution is 2.38. The summed E-state index contributed by atoms with van der Waals surface area (Å²) in [5, 5.41) is 4.73. The van der Waals surface area contributed by atoms with Crippen LogP contribution in [0.5, 0.6) is 11.5 Å². The summed E-state index contributed by atoms with van der Waals surface area (Å²) >= 11 is 9.67. The van der Waals surface area contributed by atoms with E-state index in [2.05, 4.69) is 50.0 Å². The number of halogens is 2. The molecule has 1 N–H and O–H groups in total. The maximum atomic E-state index is 6.40. The average molecular weight is 564 g/mol. The molecule has 0 aliphatic carbocycles. The number of nitrogens with zero attached hydrogens (tertiary/aromatic N) is 3. The van der Waals surface area contributed by atoms with Gasteiger partial charge in [-0.25, -0.2) is 9.97 Å². The number of rotatable bonds is 8. The van der Waals surface area contributed by atoms with Crippen LogP contribution in [-0.2, 0) is 9.47 Å². The first-order chi connectivity index (χ1) is 17.0. The van der Waals surface area contributed by atoms with Crippen molar-refractivity contribution >= 4 is 49.9 Å². The van der Waals surface area contributed by atoms with Crippen LogP contribution in [0.1, 0.15) is 13.8 Å². The minimum absolute atomic E-state index is 0.00205. The van der Waals surface area contributed by atoms with Crippen molar-refractivity contribution in [2.24, 2.45) is 0 Å². The van der Waals surface area contributed by atoms with Crippen molar-refractivity contribution in [3.05, 3.63) is 46.2 Å². The van der Waals surface area contributed by atoms with Crippen LogP contribution in [0.3, 0.4) is 0 Å². The molecule has 0 bridgehead atoms. The Morgan fingerprint density at radius 1 is 1.09 bits per heavy atom. The fourth-order valence-corrected chi connectivity index (χ4v) is 5.27. The van der Waals surface area contributed by atoms with Gasteiger partial charge in [-0.2, -0.15) is 0 Å². The number of ether oxygens (including phenoxy) is 4. The highest BCUT2D eigenvalue weighted by Gasteiger charge is 2.50. The number of nitrogens with one attached hydrogen (secondary N) is 1. The third kappa shape index (κ3) is 4.80. The standard InChI is InChI=1S/C25H28BrClN4O4/c1-4-31(5-2)19-11-33-24-22(12-34-23(19)24)35-21-10-18-15(9-20(21)32-3)25(29-13-28-18)30-14-6-7-16(26)17(27)8-14/h6-10,13,19,22-24H,4-5,11-12H2,1-3H3,(H,28,29,30)/t19-,22-,23+,24+/m1/s1. The molecular formula is C25H28BrClN4O4. The number of hydrogen-bond donors (Lipinski definition) is 1. The molecule has 0 radical (unpaired) electrons. The molecular weight excluding hydrogens is 536 g/mol. The average Bonchev–Trinajstić information content (AvgIpc) is 3.45. The predicted molar refractivity (Wildman–Crippen MR) is 139 cm³/mol. The van der Waals surface area contributed by atoms with Crippen molar-refractivity contribution in [1.29, 1.82) is 0 Å². The van der Waals surface area contributed by atoms with Gasteiger partial charge in [0, 0.05) is 21.6 Å². The quantitative estimate of drug-likeness (QED) is 0.408. The third-order valence-corrected chi connectivity index (χ3v) is 7.88. The first-order valence-corrected chi connectivity index (χ1v) is 12.9. The second-order valence-corrected chi connectivity index (χ2v) is 9.80. The maximum absolute atomic E-state index is 6.40. The molecule has 3 aromatic rings. The van der Waals surface area contributed by atoms with Gasteiger partial charge in [0.1, 0.15) is 24.4 Å². The number of aromatic nitrogens is 2. The highest BCUT2D eigenvalue weighted by molar-refractivity contribution is 9.10. The highest BCUT2D eigenvalue weighted by atomic mass is 79.9. The Bertz CT molecular complexity index is 1210. The molecule has 2 aromatic carbocycles. The summed E-state index contributed by atoms with van der Waals surface area (Å²) in [6.07, 6.45) is 1.18. The summed E-state index contributed by atoms with van der Waals surface area (Å²) in [7, 11) is 1.62. The largest absolute Gasteiger partial charge is 0.493 e. The summed E-state index contributed by atoms with van der Waals surface area (Å²) in [6, 6.07) is 9.64. The van der Waals surface area contributed by atoms with E-state index in [1.165, 1.54) is 6.33 Å². The predicted octanol–water partition coefficient (Wildman–Crippen LogP) is 5.05. The van der Waals surface area contributed by atoms with E-state index in [1.807, 2.05) is 30.3 Å². The van der Waals surface area contributed by atoms with Gasteiger partial charge in [0.05, 0.1) is 36.9 Å². The van der Waals surface area contributed by atoms with Gasteiger partial charge in [0.15, 0.2) is 17.6 Å². The summed E-state index contributed by atoms with van der Waals surface area (Å²) in [6.45, 7) is 7.36. The smallest absolute Gasteiger partial charge is 0.164 e. The van der Waals surface area contributed by atoms with E-state index in [0.29, 0.717) is 35.6 Å². The minimum atomic E-state index is -0.226. The fourth-order valence-electron chi connectivity index (χ4n) is 4.84. The number of anilines is 2. The van der Waals surface area contributed by atoms with Crippen molar-refractivity contribution < 1.29 is 18.9 Å². The Balaban J connectivity index is 1.39. The van der Waals surface area contributed by atoms with Crippen LogP contribution in [0.4, 0.5) is 11.5 Å². The number of fused-ring (bicyclic) bond motifs is 2. The first kappa shape index (κ1) is 24.5. The Labute approximate surface area is 218 Å². The SMILES string of the molecule is CCN(CC)[C@@H]1CO[C@@H]2[C@H]1OC[C@H]2Oc1cc2ncnc(Nc3ccc(Br)c(Cl)c3)c2cc1OC. The Kier molecular flexibility index (Phi) is 7.31. The molecule has 1 aromatic heterocycles. The third-order valence-electron chi connectivity index (χ3n) is 6.64. The van der Waals surface area contributed by atoms with Crippen LogP contribution in [0.25, 0.3) is 10.9 Å². The first-order valence-electron chi connectivity index (χ1n) is 11.7. The van der Waals surface area contributed by atoms with Gasteiger partial charge in [0.25, 0.3) is 0 Å². The zero-order valence-electron chi connectivity index (χ0n) is 19.8. The zero-order chi connectivity index (χ0) is 24.5. The van der Waals surface area contributed by atoms with E-state index in [-0.39, 0.29) is 24.4 Å². The van der Waals surface area contributed by atoms with Crippen LogP contribution in [0.15, 0.2) is 41.1 Å². The van der Waals surface area contributed by atoms with E-state index >= 15 is 0 Å². The van der Waals surface area contributed by atoms with Gasteiger partial charge in [-0.3, -0.25) is 4.90 Å². The molecule has 186 valence electrons. The minimum Gasteiger partial charge on any atom is -0.493 e. The molecule has 0 saturated carbocycles.